The number of hydrogen-bond acceptors (Lipinski definition) is 3. The van der Waals surface area contributed by atoms with Gasteiger partial charge in [0.15, 0.2) is 5.96 Å². The maximum atomic E-state index is 12.7. The van der Waals surface area contributed by atoms with Crippen LogP contribution in [0.2, 0.25) is 0 Å². The summed E-state index contributed by atoms with van der Waals surface area (Å²) < 4.78 is 26.3. The molecule has 0 atom stereocenters. The molecule has 8 heteroatoms. The number of aliphatic imine (C=N–C) groups is 1. The predicted octanol–water partition coefficient (Wildman–Crippen LogP) is 2.77. The van der Waals surface area contributed by atoms with Gasteiger partial charge in [-0.05, 0) is 18.6 Å². The summed E-state index contributed by atoms with van der Waals surface area (Å²) in [4.78, 5) is 10.5. The van der Waals surface area contributed by atoms with Crippen LogP contribution < -0.4 is 10.6 Å². The molecule has 0 aliphatic rings. The van der Waals surface area contributed by atoms with Gasteiger partial charge in [-0.2, -0.15) is 8.78 Å². The topological polar surface area (TPSA) is 54.2 Å². The number of imidazole rings is 1. The highest BCUT2D eigenvalue weighted by Gasteiger charge is 2.11. The van der Waals surface area contributed by atoms with Crippen LogP contribution in [0.25, 0.3) is 0 Å². The summed E-state index contributed by atoms with van der Waals surface area (Å²) in [5.74, 6) is 0.817. The number of hydrogen-bond donors (Lipinski definition) is 2. The first-order valence-electron chi connectivity index (χ1n) is 6.96. The zero-order valence-electron chi connectivity index (χ0n) is 12.5. The minimum atomic E-state index is -2.59. The molecule has 5 nitrogen and oxygen atoms in total. The summed E-state index contributed by atoms with van der Waals surface area (Å²) in [7, 11) is 1.64. The Hall–Kier alpha value is -1.96. The van der Waals surface area contributed by atoms with Crippen molar-refractivity contribution in [3.05, 3.63) is 40.1 Å². The zero-order chi connectivity index (χ0) is 15.9. The van der Waals surface area contributed by atoms with Crippen molar-refractivity contribution in [1.29, 1.82) is 0 Å². The van der Waals surface area contributed by atoms with Gasteiger partial charge in [0.1, 0.15) is 5.82 Å². The molecule has 0 amide bonds. The molecule has 0 unspecified atom stereocenters. The lowest BCUT2D eigenvalue weighted by atomic mass is 10.4. The van der Waals surface area contributed by atoms with E-state index in [-0.39, 0.29) is 12.4 Å². The number of halogens is 2. The predicted molar refractivity (Wildman–Crippen MR) is 84.2 cm³/mol. The molecule has 2 heterocycles. The van der Waals surface area contributed by atoms with Crippen molar-refractivity contribution in [2.45, 2.75) is 33.0 Å². The highest BCUT2D eigenvalue weighted by atomic mass is 32.1. The molecule has 2 rings (SSSR count). The van der Waals surface area contributed by atoms with Gasteiger partial charge in [-0.25, -0.2) is 4.98 Å². The minimum Gasteiger partial charge on any atom is -0.352 e. The number of aromatic nitrogens is 2. The van der Waals surface area contributed by atoms with E-state index in [1.807, 2.05) is 0 Å². The van der Waals surface area contributed by atoms with Gasteiger partial charge in [-0.1, -0.05) is 6.92 Å². The number of rotatable bonds is 6. The third-order valence-corrected chi connectivity index (χ3v) is 4.32. The Labute approximate surface area is 132 Å². The van der Waals surface area contributed by atoms with E-state index in [4.69, 9.17) is 0 Å². The summed E-state index contributed by atoms with van der Waals surface area (Å²) in [6.07, 6.45) is 3.64. The van der Waals surface area contributed by atoms with Gasteiger partial charge in [0.05, 0.1) is 13.1 Å². The van der Waals surface area contributed by atoms with Gasteiger partial charge in [0.25, 0.3) is 0 Å². The van der Waals surface area contributed by atoms with Crippen molar-refractivity contribution in [2.24, 2.45) is 4.99 Å². The lowest BCUT2D eigenvalue weighted by molar-refractivity contribution is 0.0668. The third-order valence-electron chi connectivity index (χ3n) is 3.09. The van der Waals surface area contributed by atoms with E-state index >= 15 is 0 Å². The number of nitrogens with one attached hydrogen (secondary N) is 2. The molecule has 0 fully saturated rings. The van der Waals surface area contributed by atoms with Crippen molar-refractivity contribution < 1.29 is 8.78 Å². The van der Waals surface area contributed by atoms with Gasteiger partial charge < -0.3 is 10.6 Å². The van der Waals surface area contributed by atoms with E-state index < -0.39 is 6.55 Å². The summed E-state index contributed by atoms with van der Waals surface area (Å²) >= 11 is 1.75. The zero-order valence-corrected chi connectivity index (χ0v) is 13.3. The molecule has 2 aromatic heterocycles. The summed E-state index contributed by atoms with van der Waals surface area (Å²) in [5.41, 5.74) is 0. The van der Waals surface area contributed by atoms with Gasteiger partial charge >= 0.3 is 6.55 Å². The van der Waals surface area contributed by atoms with Crippen LogP contribution in [-0.4, -0.2) is 22.6 Å². The van der Waals surface area contributed by atoms with Crippen LogP contribution in [0, 0.1) is 0 Å². The molecule has 0 bridgehead atoms. The van der Waals surface area contributed by atoms with Crippen molar-refractivity contribution in [3.63, 3.8) is 0 Å². The fraction of sp³-hybridized carbons (Fsp3) is 0.429. The smallest absolute Gasteiger partial charge is 0.319 e. The van der Waals surface area contributed by atoms with E-state index in [1.165, 1.54) is 22.1 Å². The van der Waals surface area contributed by atoms with Crippen LogP contribution in [0.3, 0.4) is 0 Å². The van der Waals surface area contributed by atoms with Crippen molar-refractivity contribution in [3.8, 4) is 0 Å². The molecule has 2 N–H and O–H groups in total. The largest absolute Gasteiger partial charge is 0.352 e. The van der Waals surface area contributed by atoms with Crippen LogP contribution >= 0.6 is 11.3 Å². The Balaban J connectivity index is 1.86. The fourth-order valence-corrected chi connectivity index (χ4v) is 2.82. The Morgan fingerprint density at radius 2 is 2.05 bits per heavy atom. The van der Waals surface area contributed by atoms with E-state index in [2.05, 4.69) is 39.7 Å². The Bertz CT molecular complexity index is 620. The molecule has 0 radical (unpaired) electrons. The van der Waals surface area contributed by atoms with Gasteiger partial charge in [0.2, 0.25) is 0 Å². The number of nitrogens with zero attached hydrogens (tertiary/aromatic N) is 3. The Kier molecular flexibility index (Phi) is 5.88. The maximum absolute atomic E-state index is 12.7. The lowest BCUT2D eigenvalue weighted by Gasteiger charge is -2.12. The summed E-state index contributed by atoms with van der Waals surface area (Å²) in [6, 6.07) is 4.19. The first kappa shape index (κ1) is 16.4. The average Bonchev–Trinajstić information content (AvgIpc) is 3.16. The molecule has 0 saturated carbocycles. The summed E-state index contributed by atoms with van der Waals surface area (Å²) in [6.45, 7) is 0.358. The molecule has 0 aliphatic heterocycles. The number of aryl methyl sites for hydroxylation is 1. The van der Waals surface area contributed by atoms with Crippen LogP contribution in [0.5, 0.6) is 0 Å². The monoisotopic (exact) mass is 327 g/mol. The minimum absolute atomic E-state index is 0.182. The van der Waals surface area contributed by atoms with E-state index in [9.17, 15) is 8.78 Å². The van der Waals surface area contributed by atoms with Gasteiger partial charge in [-0.3, -0.25) is 9.56 Å². The van der Waals surface area contributed by atoms with Crippen molar-refractivity contribution in [2.75, 3.05) is 7.05 Å². The third kappa shape index (κ3) is 4.27. The SMILES string of the molecule is CCc1ccc(CNC(=NC)NCc2nccn2C(F)F)s1. The van der Waals surface area contributed by atoms with E-state index in [0.717, 1.165) is 11.0 Å². The molecular weight excluding hydrogens is 308 g/mol. The Morgan fingerprint density at radius 1 is 1.32 bits per heavy atom. The van der Waals surface area contributed by atoms with Crippen LogP contribution in [-0.2, 0) is 19.5 Å². The second kappa shape index (κ2) is 7.88. The number of alkyl halides is 2. The molecule has 0 saturated heterocycles. The second-order valence-electron chi connectivity index (χ2n) is 4.53. The first-order valence-corrected chi connectivity index (χ1v) is 7.77. The van der Waals surface area contributed by atoms with Crippen molar-refractivity contribution in [1.82, 2.24) is 20.2 Å². The average molecular weight is 327 g/mol. The Morgan fingerprint density at radius 3 is 2.68 bits per heavy atom. The van der Waals surface area contributed by atoms with E-state index in [0.29, 0.717) is 12.5 Å². The molecule has 0 spiro atoms. The second-order valence-corrected chi connectivity index (χ2v) is 5.78. The number of guanidine groups is 1. The van der Waals surface area contributed by atoms with Crippen LogP contribution in [0.4, 0.5) is 8.78 Å². The molecule has 2 aromatic rings. The molecule has 120 valence electrons. The highest BCUT2D eigenvalue weighted by Crippen LogP contribution is 2.16. The van der Waals surface area contributed by atoms with E-state index in [1.54, 1.807) is 18.4 Å². The van der Waals surface area contributed by atoms with Crippen LogP contribution in [0.1, 0.15) is 29.1 Å². The molecule has 0 aromatic carbocycles. The van der Waals surface area contributed by atoms with Crippen molar-refractivity contribution >= 4 is 17.3 Å². The normalized spacial score (nSPS) is 12.0. The molecule has 0 aliphatic carbocycles. The quantitative estimate of drug-likeness (QED) is 0.634. The molecular formula is C14H19F2N5S. The number of thiophene rings is 1. The van der Waals surface area contributed by atoms with Crippen LogP contribution in [0.15, 0.2) is 29.5 Å². The molecule has 22 heavy (non-hydrogen) atoms. The van der Waals surface area contributed by atoms with Gasteiger partial charge in [-0.15, -0.1) is 11.3 Å². The summed E-state index contributed by atoms with van der Waals surface area (Å²) in [5, 5.41) is 6.14. The lowest BCUT2D eigenvalue weighted by Crippen LogP contribution is -2.36. The fourth-order valence-electron chi connectivity index (χ4n) is 1.92. The maximum Gasteiger partial charge on any atom is 0.319 e. The first-order chi connectivity index (χ1) is 10.6. The standard InChI is InChI=1S/C14H19F2N5S/c1-3-10-4-5-11(22-10)8-19-14(17-2)20-9-12-18-6-7-21(12)13(15)16/h4-7,13H,3,8-9H2,1-2H3,(H2,17,19,20). The highest BCUT2D eigenvalue weighted by molar-refractivity contribution is 7.11. The van der Waals surface area contributed by atoms with Gasteiger partial charge in [0, 0.05) is 29.2 Å².